The first kappa shape index (κ1) is 17.6. The molecule has 3 aliphatic rings. The molecule has 3 fully saturated rings. The number of sulfonamides is 1. The van der Waals surface area contributed by atoms with Crippen LogP contribution < -0.4 is 0 Å². The minimum absolute atomic E-state index is 0.146. The molecule has 0 aliphatic carbocycles. The van der Waals surface area contributed by atoms with E-state index in [0.29, 0.717) is 45.1 Å². The lowest BCUT2D eigenvalue weighted by atomic mass is 9.87. The van der Waals surface area contributed by atoms with E-state index in [1.807, 2.05) is 0 Å². The Labute approximate surface area is 139 Å². The monoisotopic (exact) mass is 346 g/mol. The number of fused-ring (bicyclic) bond motifs is 1. The smallest absolute Gasteiger partial charge is 0.211 e. The first-order valence-electron chi connectivity index (χ1n) is 8.87. The number of hydrogen-bond donors (Lipinski definition) is 1. The van der Waals surface area contributed by atoms with Gasteiger partial charge in [-0.05, 0) is 31.7 Å². The van der Waals surface area contributed by atoms with Crippen LogP contribution in [0.2, 0.25) is 0 Å². The van der Waals surface area contributed by atoms with Crippen molar-refractivity contribution in [2.75, 3.05) is 45.6 Å². The van der Waals surface area contributed by atoms with Gasteiger partial charge in [0.15, 0.2) is 0 Å². The Kier molecular flexibility index (Phi) is 5.33. The molecule has 0 aromatic rings. The van der Waals surface area contributed by atoms with E-state index >= 15 is 0 Å². The number of β-amino-alcohol motifs (C(OH)–C–C–N with tert-alkyl or cyclic N) is 1. The number of piperidine rings is 1. The molecule has 0 unspecified atom stereocenters. The first-order chi connectivity index (χ1) is 10.9. The molecule has 23 heavy (non-hydrogen) atoms. The molecular weight excluding hydrogens is 316 g/mol. The minimum Gasteiger partial charge on any atom is -0.388 e. The molecule has 0 aromatic heterocycles. The summed E-state index contributed by atoms with van der Waals surface area (Å²) in [6, 6.07) is 0.146. The van der Waals surface area contributed by atoms with Gasteiger partial charge in [-0.25, -0.2) is 8.42 Å². The van der Waals surface area contributed by atoms with E-state index in [-0.39, 0.29) is 6.04 Å². The van der Waals surface area contributed by atoms with Crippen LogP contribution in [0.5, 0.6) is 0 Å². The summed E-state index contributed by atoms with van der Waals surface area (Å²) in [5.41, 5.74) is -0.633. The van der Waals surface area contributed by atoms with Crippen LogP contribution in [-0.2, 0) is 14.8 Å². The second-order valence-electron chi connectivity index (χ2n) is 7.56. The largest absolute Gasteiger partial charge is 0.388 e. The van der Waals surface area contributed by atoms with Crippen molar-refractivity contribution in [3.63, 3.8) is 0 Å². The van der Waals surface area contributed by atoms with E-state index in [1.165, 1.54) is 6.26 Å². The van der Waals surface area contributed by atoms with Gasteiger partial charge in [0.2, 0.25) is 10.0 Å². The van der Waals surface area contributed by atoms with Gasteiger partial charge in [0.05, 0.1) is 11.9 Å². The highest BCUT2D eigenvalue weighted by Crippen LogP contribution is 2.33. The van der Waals surface area contributed by atoms with Gasteiger partial charge in [0.25, 0.3) is 0 Å². The highest BCUT2D eigenvalue weighted by molar-refractivity contribution is 7.88. The zero-order chi connectivity index (χ0) is 16.5. The molecule has 0 saturated carbocycles. The average Bonchev–Trinajstić information content (AvgIpc) is 2.69. The van der Waals surface area contributed by atoms with E-state index in [2.05, 4.69) is 4.90 Å². The van der Waals surface area contributed by atoms with Crippen LogP contribution in [0.1, 0.15) is 38.5 Å². The van der Waals surface area contributed by atoms with Crippen molar-refractivity contribution in [1.82, 2.24) is 9.21 Å². The third kappa shape index (κ3) is 4.25. The summed E-state index contributed by atoms with van der Waals surface area (Å²) < 4.78 is 31.3. The van der Waals surface area contributed by atoms with Gasteiger partial charge in [0, 0.05) is 51.7 Å². The highest BCUT2D eigenvalue weighted by atomic mass is 32.2. The van der Waals surface area contributed by atoms with Gasteiger partial charge in [-0.1, -0.05) is 6.42 Å². The molecule has 0 radical (unpaired) electrons. The molecule has 3 heterocycles. The van der Waals surface area contributed by atoms with Gasteiger partial charge >= 0.3 is 0 Å². The summed E-state index contributed by atoms with van der Waals surface area (Å²) in [7, 11) is -3.13. The van der Waals surface area contributed by atoms with Crippen molar-refractivity contribution in [3.8, 4) is 0 Å². The first-order valence-corrected chi connectivity index (χ1v) is 10.7. The Balaban J connectivity index is 1.65. The molecule has 2 atom stereocenters. The summed E-state index contributed by atoms with van der Waals surface area (Å²) in [5.74, 6) is 0.393. The van der Waals surface area contributed by atoms with Gasteiger partial charge in [-0.3, -0.25) is 0 Å². The Hall–Kier alpha value is -0.210. The second-order valence-corrected chi connectivity index (χ2v) is 9.49. The van der Waals surface area contributed by atoms with Crippen LogP contribution >= 0.6 is 0 Å². The van der Waals surface area contributed by atoms with Crippen LogP contribution in [0.4, 0.5) is 0 Å². The lowest BCUT2D eigenvalue weighted by Crippen LogP contribution is -2.55. The Bertz CT molecular complexity index is 504. The van der Waals surface area contributed by atoms with Crippen LogP contribution in [0.15, 0.2) is 0 Å². The maximum atomic E-state index is 12.1. The Morgan fingerprint density at radius 1 is 1.17 bits per heavy atom. The SMILES string of the molecule is CS(=O)(=O)N1CCCC[C@H]2CN(CC3(O)CCOCC3)CC[C@H]21. The number of likely N-dealkylation sites (tertiary alicyclic amines) is 1. The lowest BCUT2D eigenvalue weighted by Gasteiger charge is -2.44. The quantitative estimate of drug-likeness (QED) is 0.813. The normalized spacial score (nSPS) is 33.8. The van der Waals surface area contributed by atoms with Crippen molar-refractivity contribution in [2.24, 2.45) is 5.92 Å². The molecule has 7 heteroatoms. The number of nitrogens with zero attached hydrogens (tertiary/aromatic N) is 2. The summed E-state index contributed by atoms with van der Waals surface area (Å²) in [6.07, 6.45) is 6.77. The van der Waals surface area contributed by atoms with E-state index in [4.69, 9.17) is 4.74 Å². The standard InChI is InChI=1S/C16H30N2O4S/c1-23(20,21)18-8-3-2-4-14-12-17(9-5-15(14)18)13-16(19)6-10-22-11-7-16/h14-15,19H,2-13H2,1H3/t14-,15+/m0/s1. The second kappa shape index (κ2) is 6.96. The van der Waals surface area contributed by atoms with Gasteiger partial charge in [-0.15, -0.1) is 0 Å². The highest BCUT2D eigenvalue weighted by Gasteiger charge is 2.40. The van der Waals surface area contributed by atoms with Crippen LogP contribution in [-0.4, -0.2) is 80.0 Å². The molecule has 3 saturated heterocycles. The van der Waals surface area contributed by atoms with E-state index in [1.54, 1.807) is 4.31 Å². The van der Waals surface area contributed by atoms with Crippen LogP contribution in [0.3, 0.4) is 0 Å². The summed E-state index contributed by atoms with van der Waals surface area (Å²) >= 11 is 0. The predicted molar refractivity (Wildman–Crippen MR) is 88.7 cm³/mol. The van der Waals surface area contributed by atoms with Crippen LogP contribution in [0.25, 0.3) is 0 Å². The van der Waals surface area contributed by atoms with Gasteiger partial charge in [0.1, 0.15) is 0 Å². The number of hydrogen-bond acceptors (Lipinski definition) is 5. The van der Waals surface area contributed by atoms with Crippen molar-refractivity contribution in [2.45, 2.75) is 50.2 Å². The lowest BCUT2D eigenvalue weighted by molar-refractivity contribution is -0.0862. The zero-order valence-corrected chi connectivity index (χ0v) is 14.9. The van der Waals surface area contributed by atoms with Gasteiger partial charge in [-0.2, -0.15) is 4.31 Å². The van der Waals surface area contributed by atoms with Crippen molar-refractivity contribution < 1.29 is 18.3 Å². The number of rotatable bonds is 3. The maximum absolute atomic E-state index is 12.1. The fourth-order valence-electron chi connectivity index (χ4n) is 4.48. The minimum atomic E-state index is -3.13. The van der Waals surface area contributed by atoms with Crippen molar-refractivity contribution in [3.05, 3.63) is 0 Å². The fourth-order valence-corrected chi connectivity index (χ4v) is 5.71. The van der Waals surface area contributed by atoms with E-state index in [0.717, 1.165) is 38.8 Å². The topological polar surface area (TPSA) is 70.1 Å². The molecule has 0 aromatic carbocycles. The average molecular weight is 346 g/mol. The molecular formula is C16H30N2O4S. The van der Waals surface area contributed by atoms with Crippen molar-refractivity contribution in [1.29, 1.82) is 0 Å². The zero-order valence-electron chi connectivity index (χ0n) is 14.1. The number of aliphatic hydroxyl groups is 1. The predicted octanol–water partition coefficient (Wildman–Crippen LogP) is 0.664. The van der Waals surface area contributed by atoms with E-state index < -0.39 is 15.6 Å². The number of ether oxygens (including phenoxy) is 1. The van der Waals surface area contributed by atoms with E-state index in [9.17, 15) is 13.5 Å². The summed E-state index contributed by atoms with van der Waals surface area (Å²) in [6.45, 7) is 4.41. The maximum Gasteiger partial charge on any atom is 0.211 e. The van der Waals surface area contributed by atoms with Gasteiger partial charge < -0.3 is 14.7 Å². The molecule has 0 amide bonds. The fraction of sp³-hybridized carbons (Fsp3) is 1.00. The summed E-state index contributed by atoms with van der Waals surface area (Å²) in [4.78, 5) is 2.35. The van der Waals surface area contributed by atoms with Crippen LogP contribution in [0, 0.1) is 5.92 Å². The molecule has 3 aliphatic heterocycles. The Morgan fingerprint density at radius 3 is 2.61 bits per heavy atom. The molecule has 6 nitrogen and oxygen atoms in total. The third-order valence-electron chi connectivity index (χ3n) is 5.72. The summed E-state index contributed by atoms with van der Waals surface area (Å²) in [5, 5.41) is 10.7. The molecule has 1 N–H and O–H groups in total. The molecule has 134 valence electrons. The van der Waals surface area contributed by atoms with Crippen molar-refractivity contribution >= 4 is 10.0 Å². The molecule has 0 spiro atoms. The molecule has 3 rings (SSSR count). The molecule has 0 bridgehead atoms. The Morgan fingerprint density at radius 2 is 1.91 bits per heavy atom. The third-order valence-corrected chi connectivity index (χ3v) is 7.02.